The molecule has 0 heterocycles. The number of benzene rings is 1. The van der Waals surface area contributed by atoms with E-state index in [2.05, 4.69) is 5.32 Å². The van der Waals surface area contributed by atoms with E-state index in [1.54, 1.807) is 38.1 Å². The summed E-state index contributed by atoms with van der Waals surface area (Å²) < 4.78 is 5.31. The third kappa shape index (κ3) is 6.51. The molecule has 0 aromatic heterocycles. The van der Waals surface area contributed by atoms with Crippen molar-refractivity contribution in [1.82, 2.24) is 5.32 Å². The zero-order valence-electron chi connectivity index (χ0n) is 17.5. The summed E-state index contributed by atoms with van der Waals surface area (Å²) in [5, 5.41) is 3.04. The molecule has 6 heteroatoms. The van der Waals surface area contributed by atoms with Crippen molar-refractivity contribution >= 4 is 23.4 Å². The van der Waals surface area contributed by atoms with Gasteiger partial charge in [0.2, 0.25) is 0 Å². The lowest BCUT2D eigenvalue weighted by atomic mass is 9.88. The molecule has 0 aliphatic heterocycles. The van der Waals surface area contributed by atoms with Crippen molar-refractivity contribution in [3.63, 3.8) is 0 Å². The van der Waals surface area contributed by atoms with Crippen LogP contribution in [0.2, 0.25) is 0 Å². The average molecular weight is 402 g/mol. The summed E-state index contributed by atoms with van der Waals surface area (Å²) in [6, 6.07) is 8.44. The van der Waals surface area contributed by atoms with Gasteiger partial charge in [0.1, 0.15) is 11.6 Å². The Hall–Kier alpha value is -2.50. The number of hydrogen-bond acceptors (Lipinski definition) is 5. The van der Waals surface area contributed by atoms with E-state index in [9.17, 15) is 19.2 Å². The fourth-order valence-electron chi connectivity index (χ4n) is 4.25. The van der Waals surface area contributed by atoms with Crippen molar-refractivity contribution in [3.05, 3.63) is 35.9 Å². The second-order valence-corrected chi connectivity index (χ2v) is 7.88. The second kappa shape index (κ2) is 10.9. The summed E-state index contributed by atoms with van der Waals surface area (Å²) in [7, 11) is 0. The third-order valence-corrected chi connectivity index (χ3v) is 5.64. The van der Waals surface area contributed by atoms with Crippen LogP contribution in [0.15, 0.2) is 30.3 Å². The van der Waals surface area contributed by atoms with E-state index < -0.39 is 12.0 Å². The third-order valence-electron chi connectivity index (χ3n) is 5.64. The first kappa shape index (κ1) is 22.8. The van der Waals surface area contributed by atoms with Crippen molar-refractivity contribution in [2.45, 2.75) is 58.9 Å². The minimum absolute atomic E-state index is 0.0158. The van der Waals surface area contributed by atoms with E-state index in [1.165, 1.54) is 6.92 Å². The highest BCUT2D eigenvalue weighted by atomic mass is 16.5. The highest BCUT2D eigenvalue weighted by Crippen LogP contribution is 2.42. The maximum atomic E-state index is 12.8. The molecule has 158 valence electrons. The van der Waals surface area contributed by atoms with Gasteiger partial charge in [0, 0.05) is 24.4 Å². The molecular formula is C23H31NO5. The average Bonchev–Trinajstić information content (AvgIpc) is 3.02. The number of carbonyl (C=O) groups is 4. The Morgan fingerprint density at radius 3 is 2.10 bits per heavy atom. The zero-order valence-corrected chi connectivity index (χ0v) is 17.5. The normalized spacial score (nSPS) is 23.4. The molecule has 1 fully saturated rings. The van der Waals surface area contributed by atoms with Crippen LogP contribution in [0.25, 0.3) is 0 Å². The van der Waals surface area contributed by atoms with Crippen LogP contribution in [0.3, 0.4) is 0 Å². The van der Waals surface area contributed by atoms with Crippen molar-refractivity contribution < 1.29 is 23.9 Å². The highest BCUT2D eigenvalue weighted by molar-refractivity contribution is 5.94. The number of esters is 1. The molecule has 1 aromatic rings. The molecule has 1 N–H and O–H groups in total. The van der Waals surface area contributed by atoms with Gasteiger partial charge in [0.25, 0.3) is 5.91 Å². The molecular weight excluding hydrogens is 370 g/mol. The van der Waals surface area contributed by atoms with E-state index in [0.717, 1.165) is 0 Å². The van der Waals surface area contributed by atoms with Gasteiger partial charge in [-0.3, -0.25) is 9.59 Å². The number of Topliss-reactive ketones (excluding diaryl/α,β-unsaturated/α-hetero) is 2. The smallest absolute Gasteiger partial charge is 0.311 e. The minimum Gasteiger partial charge on any atom is -0.466 e. The molecule has 0 spiro atoms. The molecule has 2 rings (SSSR count). The Kier molecular flexibility index (Phi) is 8.55. The van der Waals surface area contributed by atoms with Gasteiger partial charge in [0.15, 0.2) is 0 Å². The van der Waals surface area contributed by atoms with Crippen LogP contribution in [0.4, 0.5) is 0 Å². The maximum Gasteiger partial charge on any atom is 0.311 e. The monoisotopic (exact) mass is 401 g/mol. The Morgan fingerprint density at radius 1 is 0.966 bits per heavy atom. The Morgan fingerprint density at radius 2 is 1.55 bits per heavy atom. The fourth-order valence-corrected chi connectivity index (χ4v) is 4.25. The fraction of sp³-hybridized carbons (Fsp3) is 0.565. The molecule has 0 saturated heterocycles. The number of nitrogens with one attached hydrogen (secondary N) is 1. The van der Waals surface area contributed by atoms with Crippen LogP contribution >= 0.6 is 0 Å². The molecule has 1 amide bonds. The lowest BCUT2D eigenvalue weighted by Gasteiger charge is -2.26. The van der Waals surface area contributed by atoms with E-state index in [-0.39, 0.29) is 41.9 Å². The quantitative estimate of drug-likeness (QED) is 0.608. The molecule has 29 heavy (non-hydrogen) atoms. The second-order valence-electron chi connectivity index (χ2n) is 7.88. The first-order valence-corrected chi connectivity index (χ1v) is 10.3. The van der Waals surface area contributed by atoms with E-state index >= 15 is 0 Å². The summed E-state index contributed by atoms with van der Waals surface area (Å²) in [5.41, 5.74) is 0.521. The Labute approximate surface area is 172 Å². The lowest BCUT2D eigenvalue weighted by molar-refractivity contribution is -0.150. The van der Waals surface area contributed by atoms with Gasteiger partial charge in [-0.1, -0.05) is 18.2 Å². The number of ether oxygens (including phenoxy) is 1. The number of rotatable bonds is 10. The van der Waals surface area contributed by atoms with E-state index in [4.69, 9.17) is 4.74 Å². The number of hydrogen-bond donors (Lipinski definition) is 1. The summed E-state index contributed by atoms with van der Waals surface area (Å²) in [6.45, 7) is 5.09. The summed E-state index contributed by atoms with van der Waals surface area (Å²) in [5.74, 6) is -1.02. The van der Waals surface area contributed by atoms with E-state index in [1.807, 2.05) is 6.07 Å². The predicted octanol–water partition coefficient (Wildman–Crippen LogP) is 3.34. The molecule has 0 radical (unpaired) electrons. The van der Waals surface area contributed by atoms with Crippen molar-refractivity contribution in [2.24, 2.45) is 17.8 Å². The van der Waals surface area contributed by atoms with Gasteiger partial charge in [-0.25, -0.2) is 0 Å². The lowest BCUT2D eigenvalue weighted by Crippen LogP contribution is -2.45. The van der Waals surface area contributed by atoms with Crippen LogP contribution in [-0.4, -0.2) is 36.1 Å². The van der Waals surface area contributed by atoms with Gasteiger partial charge < -0.3 is 19.6 Å². The number of amides is 1. The molecule has 1 aliphatic carbocycles. The van der Waals surface area contributed by atoms with Crippen molar-refractivity contribution in [3.8, 4) is 0 Å². The van der Waals surface area contributed by atoms with Gasteiger partial charge in [0.05, 0.1) is 12.5 Å². The largest absolute Gasteiger partial charge is 0.466 e. The van der Waals surface area contributed by atoms with Crippen molar-refractivity contribution in [1.29, 1.82) is 0 Å². The summed E-state index contributed by atoms with van der Waals surface area (Å²) >= 11 is 0. The Balaban J connectivity index is 2.27. The van der Waals surface area contributed by atoms with E-state index in [0.29, 0.717) is 37.7 Å². The van der Waals surface area contributed by atoms with Crippen molar-refractivity contribution in [2.75, 3.05) is 6.61 Å². The molecule has 0 unspecified atom stereocenters. The molecule has 1 aromatic carbocycles. The van der Waals surface area contributed by atoms with Gasteiger partial charge >= 0.3 is 5.97 Å². The van der Waals surface area contributed by atoms with Crippen LogP contribution in [0.5, 0.6) is 0 Å². The molecule has 0 bridgehead atoms. The molecule has 6 nitrogen and oxygen atoms in total. The topological polar surface area (TPSA) is 89.5 Å². The molecule has 1 aliphatic rings. The predicted molar refractivity (Wildman–Crippen MR) is 109 cm³/mol. The summed E-state index contributed by atoms with van der Waals surface area (Å²) in [6.07, 6.45) is 2.65. The van der Waals surface area contributed by atoms with Gasteiger partial charge in [-0.2, -0.15) is 0 Å². The maximum absolute atomic E-state index is 12.8. The van der Waals surface area contributed by atoms with Gasteiger partial charge in [-0.05, 0) is 64.0 Å². The van der Waals surface area contributed by atoms with Crippen LogP contribution in [0.1, 0.15) is 63.2 Å². The number of carbonyl (C=O) groups excluding carboxylic acids is 4. The standard InChI is InChI=1S/C23H31NO5/c1-4-29-23(28)20-18(12-10-15(2)25)14-19(13-11-16(3)26)21(20)24-22(27)17-8-6-5-7-9-17/h5-9,18-21H,4,10-14H2,1-3H3,(H,24,27)/t18-,19+,20+,21-/m1/s1. The molecule has 4 atom stereocenters. The summed E-state index contributed by atoms with van der Waals surface area (Å²) in [4.78, 5) is 48.6. The van der Waals surface area contributed by atoms with Crippen LogP contribution in [0, 0.1) is 17.8 Å². The molecule has 1 saturated carbocycles. The number of ketones is 2. The first-order valence-electron chi connectivity index (χ1n) is 10.3. The zero-order chi connectivity index (χ0) is 21.4. The first-order chi connectivity index (χ1) is 13.8. The highest BCUT2D eigenvalue weighted by Gasteiger charge is 2.48. The van der Waals surface area contributed by atoms with Gasteiger partial charge in [-0.15, -0.1) is 0 Å². The Bertz CT molecular complexity index is 730. The van der Waals surface area contributed by atoms with Crippen LogP contribution in [-0.2, 0) is 19.1 Å². The van der Waals surface area contributed by atoms with Crippen LogP contribution < -0.4 is 5.32 Å². The SMILES string of the molecule is CCOC(=O)[C@H]1[C@H](CCC(C)=O)C[C@H](CCC(C)=O)[C@H]1NC(=O)c1ccccc1. The minimum atomic E-state index is -0.515.